The molecule has 0 aliphatic carbocycles. The molecule has 92 heavy (non-hydrogen) atoms. The average molecular weight is 1250 g/mol. The molecule has 12 nitrogen and oxygen atoms in total. The predicted molar refractivity (Wildman–Crippen MR) is 389 cm³/mol. The van der Waals surface area contributed by atoms with E-state index in [-0.39, 0.29) is 0 Å². The zero-order chi connectivity index (χ0) is 64.3. The molecular weight excluding hydrogens is 1130 g/mol. The van der Waals surface area contributed by atoms with Crippen LogP contribution in [0.2, 0.25) is 0 Å². The van der Waals surface area contributed by atoms with Gasteiger partial charge in [-0.3, -0.25) is 56.5 Å². The van der Waals surface area contributed by atoms with Crippen LogP contribution < -0.4 is 21.4 Å². The van der Waals surface area contributed by atoms with Crippen LogP contribution in [0.25, 0.3) is 22.3 Å². The van der Waals surface area contributed by atoms with Crippen LogP contribution in [0.15, 0.2) is 98.1 Å². The first kappa shape index (κ1) is 69.8. The van der Waals surface area contributed by atoms with E-state index in [9.17, 15) is 0 Å². The number of nitrogens with zero attached hydrogens (tertiary/aromatic N) is 8. The molecule has 0 fully saturated rings. The lowest BCUT2D eigenvalue weighted by molar-refractivity contribution is 0.546. The van der Waals surface area contributed by atoms with Crippen molar-refractivity contribution in [1.29, 1.82) is 0 Å². The molecule has 0 saturated heterocycles. The van der Waals surface area contributed by atoms with Gasteiger partial charge in [0.2, 0.25) is 23.3 Å². The molecule has 12 heteroatoms. The zero-order valence-electron chi connectivity index (χ0n) is 59.1. The van der Waals surface area contributed by atoms with Crippen LogP contribution in [0, 0.1) is 0 Å². The number of hydrogen-bond acceptors (Lipinski definition) is 0. The van der Waals surface area contributed by atoms with Crippen molar-refractivity contribution in [2.45, 2.75) is 313 Å². The maximum Gasteiger partial charge on any atom is 0.203 e. The molecule has 8 aromatic rings. The topological polar surface area (TPSA) is 103 Å². The molecule has 9 heterocycles. The minimum Gasteiger partial charge on any atom is -0.290 e. The lowest BCUT2D eigenvalue weighted by Crippen LogP contribution is -2.24. The summed E-state index contributed by atoms with van der Waals surface area (Å²) in [6.45, 7) is 26.4. The van der Waals surface area contributed by atoms with Gasteiger partial charge >= 0.3 is 0 Å². The lowest BCUT2D eigenvalue weighted by Gasteiger charge is -2.12. The number of imidazole rings is 4. The summed E-state index contributed by atoms with van der Waals surface area (Å²) >= 11 is 0. The second-order valence-electron chi connectivity index (χ2n) is 27.2. The lowest BCUT2D eigenvalue weighted by atomic mass is 10.1. The van der Waals surface area contributed by atoms with Gasteiger partial charge in [-0.05, 0) is 51.4 Å². The molecule has 0 amide bonds. The largest absolute Gasteiger partial charge is 0.290 e. The van der Waals surface area contributed by atoms with Gasteiger partial charge < -0.3 is 0 Å². The number of rotatable bonds is 44. The van der Waals surface area contributed by atoms with Crippen molar-refractivity contribution >= 4 is 22.3 Å². The fourth-order valence-electron chi connectivity index (χ4n) is 14.4. The SMILES string of the molecule is CCCCCCn1ccn(CCCCCC)[c+]1C1=c2ccc([nH]2)=C([c+]2n(CCCCCC)ccn2CCCCCC)c2ccc([nH]2)C([c+]2n(CCCCCC)ccn2CCCCCC)=c2ccc([nH]2)=C([c+]2n(CCCCCC)ccn2CCCCCC)c2ccc1[nH]2. The molecule has 1 aliphatic rings. The molecule has 1 aliphatic heterocycles. The van der Waals surface area contributed by atoms with Crippen molar-refractivity contribution in [2.24, 2.45) is 0 Å². The van der Waals surface area contributed by atoms with Crippen LogP contribution in [-0.4, -0.2) is 56.5 Å². The quantitative estimate of drug-likeness (QED) is 0.0216. The standard InChI is InChI=1S/C80H124N12/c1-9-17-25-33-49-85-57-58-86(50-34-26-18-10-2)77(85)73-65-41-43-67(81-65)74(78-87(51-35-27-19-11-3)59-60-88(78)52-36-28-20-12-4)69-45-47-71(83-69)76(80-91(55-39-31-23-15-7)63-64-92(80)56-40-32-24-16-8)72-48-46-70(84-72)75(68-44-42-66(73)82-68)79-89(53-37-29-21-13-5)61-62-90(79)54-38-30-22-14-6/h41-48,57-64,81-84H,9-40,49-56H2,1-8H3/q+4. The second kappa shape index (κ2) is 37.4. The Morgan fingerprint density at radius 2 is 0.370 bits per heavy atom. The number of fused-ring (bicyclic) bond motifs is 8. The Morgan fingerprint density at radius 3 is 0.522 bits per heavy atom. The normalized spacial score (nSPS) is 12.7. The van der Waals surface area contributed by atoms with Crippen LogP contribution in [0.5, 0.6) is 0 Å². The monoisotopic (exact) mass is 1250 g/mol. The highest BCUT2D eigenvalue weighted by Gasteiger charge is 2.34. The summed E-state index contributed by atoms with van der Waals surface area (Å²) in [5.41, 5.74) is 9.37. The van der Waals surface area contributed by atoms with Crippen molar-refractivity contribution in [3.8, 4) is 0 Å². The maximum absolute atomic E-state index is 4.33. The van der Waals surface area contributed by atoms with Crippen molar-refractivity contribution in [3.63, 3.8) is 0 Å². The van der Waals surface area contributed by atoms with E-state index in [1.807, 2.05) is 0 Å². The first-order chi connectivity index (χ1) is 45.4. The van der Waals surface area contributed by atoms with E-state index in [1.54, 1.807) is 0 Å². The Labute approximate surface area is 554 Å². The third-order valence-corrected chi connectivity index (χ3v) is 19.7. The highest BCUT2D eigenvalue weighted by molar-refractivity contribution is 5.82. The van der Waals surface area contributed by atoms with Gasteiger partial charge in [-0.25, -0.2) is 0 Å². The van der Waals surface area contributed by atoms with Crippen LogP contribution in [0.1, 0.15) is 307 Å². The van der Waals surface area contributed by atoms with E-state index in [0.717, 1.165) is 148 Å². The van der Waals surface area contributed by atoms with Gasteiger partial charge in [0.05, 0.1) is 0 Å². The fraction of sp³-hybridized carbons (Fsp3) is 0.600. The molecule has 8 bridgehead atoms. The summed E-state index contributed by atoms with van der Waals surface area (Å²) in [6, 6.07) is 19.3. The Bertz CT molecular complexity index is 3110. The predicted octanol–water partition coefficient (Wildman–Crippen LogP) is 18.5. The van der Waals surface area contributed by atoms with Gasteiger partial charge in [0.15, 0.2) is 22.3 Å². The summed E-state index contributed by atoms with van der Waals surface area (Å²) in [4.78, 5) is 17.3. The van der Waals surface area contributed by atoms with Crippen molar-refractivity contribution < 1.29 is 0 Å². The Kier molecular flexibility index (Phi) is 28.3. The number of hydrogen-bond donors (Lipinski definition) is 4. The minimum atomic E-state index is 0.972. The molecule has 8 aromatic heterocycles. The second-order valence-corrected chi connectivity index (χ2v) is 27.2. The number of nitrogens with one attached hydrogen (secondary N) is 4. The van der Waals surface area contributed by atoms with E-state index in [2.05, 4.69) is 210 Å². The van der Waals surface area contributed by atoms with E-state index >= 15 is 0 Å². The van der Waals surface area contributed by atoms with E-state index < -0.39 is 0 Å². The van der Waals surface area contributed by atoms with E-state index in [1.165, 1.54) is 200 Å². The van der Waals surface area contributed by atoms with Crippen LogP contribution in [0.4, 0.5) is 0 Å². The van der Waals surface area contributed by atoms with E-state index in [0.29, 0.717) is 0 Å². The first-order valence-corrected chi connectivity index (χ1v) is 38.0. The molecule has 500 valence electrons. The highest BCUT2D eigenvalue weighted by Crippen LogP contribution is 2.32. The average Bonchev–Trinajstić information content (AvgIpc) is 1.67. The summed E-state index contributed by atoms with van der Waals surface area (Å²) < 4.78 is 20.8. The van der Waals surface area contributed by atoms with E-state index in [4.69, 9.17) is 0 Å². The molecule has 0 spiro atoms. The van der Waals surface area contributed by atoms with Crippen LogP contribution >= 0.6 is 0 Å². The molecule has 0 saturated carbocycles. The summed E-state index contributed by atoms with van der Waals surface area (Å²) in [5, 5.41) is 4.51. The fourth-order valence-corrected chi connectivity index (χ4v) is 14.4. The molecule has 0 radical (unpaired) electrons. The number of aromatic amines is 4. The molecular formula is C80H124N12+4. The van der Waals surface area contributed by atoms with Gasteiger partial charge in [-0.15, -0.1) is 0 Å². The highest BCUT2D eigenvalue weighted by atomic mass is 15.2. The molecule has 4 N–H and O–H groups in total. The first-order valence-electron chi connectivity index (χ1n) is 38.0. The minimum absolute atomic E-state index is 0.972. The van der Waals surface area contributed by atoms with Crippen LogP contribution in [-0.2, 0) is 52.4 Å². The van der Waals surface area contributed by atoms with Crippen molar-refractivity contribution in [3.05, 3.63) is 166 Å². The van der Waals surface area contributed by atoms with Gasteiger partial charge in [0.1, 0.15) is 93.7 Å². The van der Waals surface area contributed by atoms with Gasteiger partial charge in [-0.2, -0.15) is 0 Å². The summed E-state index contributed by atoms with van der Waals surface area (Å²) in [7, 11) is 0. The third-order valence-electron chi connectivity index (χ3n) is 19.7. The number of unbranched alkanes of at least 4 members (excludes halogenated alkanes) is 24. The summed E-state index contributed by atoms with van der Waals surface area (Å²) in [6.07, 6.45) is 57.9. The molecule has 0 unspecified atom stereocenters. The molecule has 0 atom stereocenters. The van der Waals surface area contributed by atoms with Gasteiger partial charge in [-0.1, -0.05) is 209 Å². The zero-order valence-corrected chi connectivity index (χ0v) is 59.1. The number of aromatic nitrogens is 12. The molecule has 0 aromatic carbocycles. The van der Waals surface area contributed by atoms with Gasteiger partial charge in [0.25, 0.3) is 0 Å². The number of H-pyrrole nitrogens is 4. The summed E-state index contributed by atoms with van der Waals surface area (Å²) in [5.74, 6) is 5.07. The van der Waals surface area contributed by atoms with Crippen molar-refractivity contribution in [2.75, 3.05) is 0 Å². The Hall–Kier alpha value is -6.56. The third kappa shape index (κ3) is 18.0. The van der Waals surface area contributed by atoms with Crippen molar-refractivity contribution in [1.82, 2.24) is 56.5 Å². The number of aryl methyl sites for hydroxylation is 8. The maximum atomic E-state index is 4.33. The Balaban J connectivity index is 1.42. The van der Waals surface area contributed by atoms with Gasteiger partial charge in [0, 0.05) is 101 Å². The smallest absolute Gasteiger partial charge is 0.203 e. The molecule has 9 rings (SSSR count). The Morgan fingerprint density at radius 1 is 0.207 bits per heavy atom. The van der Waals surface area contributed by atoms with Crippen LogP contribution in [0.3, 0.4) is 0 Å².